The van der Waals surface area contributed by atoms with E-state index >= 15 is 0 Å². The van der Waals surface area contributed by atoms with E-state index in [0.29, 0.717) is 5.56 Å². The lowest BCUT2D eigenvalue weighted by molar-refractivity contribution is 0.0955. The number of rotatable bonds is 3. The minimum absolute atomic E-state index is 0.216. The van der Waals surface area contributed by atoms with E-state index in [-0.39, 0.29) is 5.91 Å². The van der Waals surface area contributed by atoms with Gasteiger partial charge in [-0.2, -0.15) is 5.10 Å². The Labute approximate surface area is 122 Å². The van der Waals surface area contributed by atoms with Crippen LogP contribution in [0.15, 0.2) is 65.9 Å². The quantitative estimate of drug-likeness (QED) is 0.580. The average molecular weight is 277 g/mol. The van der Waals surface area contributed by atoms with Gasteiger partial charge in [-0.1, -0.05) is 36.4 Å². The summed E-state index contributed by atoms with van der Waals surface area (Å²) in [5.74, 6) is -0.216. The van der Waals surface area contributed by atoms with Gasteiger partial charge in [0, 0.05) is 35.3 Å². The summed E-state index contributed by atoms with van der Waals surface area (Å²) in [6, 6.07) is 17.1. The predicted molar refractivity (Wildman–Crippen MR) is 84.4 cm³/mol. The number of hydrogen-bond acceptors (Lipinski definition) is 2. The number of nitrogens with one attached hydrogen (secondary N) is 1. The van der Waals surface area contributed by atoms with Crippen molar-refractivity contribution in [2.45, 2.75) is 0 Å². The van der Waals surface area contributed by atoms with Crippen LogP contribution in [0.4, 0.5) is 0 Å². The Morgan fingerprint density at radius 2 is 1.81 bits per heavy atom. The number of fused-ring (bicyclic) bond motifs is 1. The van der Waals surface area contributed by atoms with Gasteiger partial charge in [-0.25, -0.2) is 5.43 Å². The van der Waals surface area contributed by atoms with Crippen LogP contribution < -0.4 is 5.43 Å². The highest BCUT2D eigenvalue weighted by Crippen LogP contribution is 2.18. The van der Waals surface area contributed by atoms with Crippen molar-refractivity contribution in [3.8, 4) is 0 Å². The molecule has 21 heavy (non-hydrogen) atoms. The molecule has 3 aromatic rings. The number of carbonyl (C=O) groups excluding carboxylic acids is 1. The van der Waals surface area contributed by atoms with Crippen LogP contribution in [0.5, 0.6) is 0 Å². The van der Waals surface area contributed by atoms with E-state index in [1.54, 1.807) is 18.3 Å². The van der Waals surface area contributed by atoms with Crippen LogP contribution in [0.25, 0.3) is 10.9 Å². The van der Waals surface area contributed by atoms with Crippen molar-refractivity contribution in [1.29, 1.82) is 0 Å². The zero-order valence-corrected chi connectivity index (χ0v) is 11.7. The Balaban J connectivity index is 1.78. The van der Waals surface area contributed by atoms with E-state index in [0.717, 1.165) is 16.5 Å². The second-order valence-electron chi connectivity index (χ2n) is 4.78. The number of para-hydroxylation sites is 1. The largest absolute Gasteiger partial charge is 0.350 e. The molecule has 1 amide bonds. The maximum absolute atomic E-state index is 11.9. The van der Waals surface area contributed by atoms with Crippen LogP contribution >= 0.6 is 0 Å². The molecule has 0 aliphatic rings. The monoisotopic (exact) mass is 277 g/mol. The Morgan fingerprint density at radius 1 is 1.10 bits per heavy atom. The molecule has 0 bridgehead atoms. The third kappa shape index (κ3) is 2.69. The summed E-state index contributed by atoms with van der Waals surface area (Å²) in [6.07, 6.45) is 3.66. The van der Waals surface area contributed by atoms with Crippen molar-refractivity contribution in [2.24, 2.45) is 12.1 Å². The first-order chi connectivity index (χ1) is 10.3. The molecule has 1 aromatic heterocycles. The molecule has 4 nitrogen and oxygen atoms in total. The number of aryl methyl sites for hydroxylation is 1. The molecule has 0 radical (unpaired) electrons. The molecule has 1 heterocycles. The number of hydrogen-bond donors (Lipinski definition) is 1. The molecule has 3 rings (SSSR count). The van der Waals surface area contributed by atoms with Gasteiger partial charge in [0.2, 0.25) is 0 Å². The molecule has 0 unspecified atom stereocenters. The fraction of sp³-hybridized carbons (Fsp3) is 0.0588. The number of nitrogens with zero attached hydrogens (tertiary/aromatic N) is 2. The van der Waals surface area contributed by atoms with Crippen molar-refractivity contribution < 1.29 is 4.79 Å². The normalized spacial score (nSPS) is 11.1. The van der Waals surface area contributed by atoms with E-state index in [4.69, 9.17) is 0 Å². The summed E-state index contributed by atoms with van der Waals surface area (Å²) < 4.78 is 2.04. The summed E-state index contributed by atoms with van der Waals surface area (Å²) in [5.41, 5.74) is 5.24. The summed E-state index contributed by atoms with van der Waals surface area (Å²) in [5, 5.41) is 5.15. The first kappa shape index (κ1) is 13.1. The fourth-order valence-electron chi connectivity index (χ4n) is 2.29. The van der Waals surface area contributed by atoms with Crippen LogP contribution in [0.1, 0.15) is 15.9 Å². The number of carbonyl (C=O) groups is 1. The van der Waals surface area contributed by atoms with Crippen molar-refractivity contribution in [3.63, 3.8) is 0 Å². The second-order valence-corrected chi connectivity index (χ2v) is 4.78. The van der Waals surface area contributed by atoms with Gasteiger partial charge in [0.1, 0.15) is 0 Å². The highest BCUT2D eigenvalue weighted by atomic mass is 16.2. The highest BCUT2D eigenvalue weighted by molar-refractivity contribution is 6.00. The van der Waals surface area contributed by atoms with E-state index in [2.05, 4.69) is 16.6 Å². The lowest BCUT2D eigenvalue weighted by Crippen LogP contribution is -2.17. The van der Waals surface area contributed by atoms with E-state index < -0.39 is 0 Å². The maximum atomic E-state index is 11.9. The lowest BCUT2D eigenvalue weighted by Gasteiger charge is -1.98. The summed E-state index contributed by atoms with van der Waals surface area (Å²) in [7, 11) is 1.99. The fourth-order valence-corrected chi connectivity index (χ4v) is 2.29. The second kappa shape index (κ2) is 5.63. The number of benzene rings is 2. The maximum Gasteiger partial charge on any atom is 0.271 e. The molecule has 1 N–H and O–H groups in total. The smallest absolute Gasteiger partial charge is 0.271 e. The molecule has 0 saturated heterocycles. The molecule has 2 aromatic carbocycles. The molecule has 0 atom stereocenters. The average Bonchev–Trinajstić information content (AvgIpc) is 2.85. The SMILES string of the molecule is Cn1cc(C=NNC(=O)c2ccccc2)c2ccccc21. The summed E-state index contributed by atoms with van der Waals surface area (Å²) in [4.78, 5) is 11.9. The van der Waals surface area contributed by atoms with Gasteiger partial charge in [0.15, 0.2) is 0 Å². The molecule has 104 valence electrons. The zero-order valence-electron chi connectivity index (χ0n) is 11.7. The van der Waals surface area contributed by atoms with E-state index in [1.807, 2.05) is 54.2 Å². The minimum Gasteiger partial charge on any atom is -0.350 e. The predicted octanol–water partition coefficient (Wildman–Crippen LogP) is 2.94. The van der Waals surface area contributed by atoms with Crippen molar-refractivity contribution in [3.05, 3.63) is 71.9 Å². The molecular formula is C17H15N3O. The third-order valence-electron chi connectivity index (χ3n) is 3.33. The van der Waals surface area contributed by atoms with Gasteiger partial charge < -0.3 is 4.57 Å². The molecule has 0 aliphatic carbocycles. The van der Waals surface area contributed by atoms with Gasteiger partial charge in [0.05, 0.1) is 6.21 Å². The Hall–Kier alpha value is -2.88. The van der Waals surface area contributed by atoms with Gasteiger partial charge in [-0.05, 0) is 18.2 Å². The molecule has 4 heteroatoms. The molecule has 0 saturated carbocycles. The van der Waals surface area contributed by atoms with Gasteiger partial charge in [-0.15, -0.1) is 0 Å². The minimum atomic E-state index is -0.216. The number of amides is 1. The third-order valence-corrected chi connectivity index (χ3v) is 3.33. The molecule has 0 aliphatic heterocycles. The lowest BCUT2D eigenvalue weighted by atomic mass is 10.2. The van der Waals surface area contributed by atoms with Crippen molar-refractivity contribution >= 4 is 23.0 Å². The Kier molecular flexibility index (Phi) is 3.51. The summed E-state index contributed by atoms with van der Waals surface area (Å²) >= 11 is 0. The topological polar surface area (TPSA) is 46.4 Å². The van der Waals surface area contributed by atoms with Gasteiger partial charge in [0.25, 0.3) is 5.91 Å². The highest BCUT2D eigenvalue weighted by Gasteiger charge is 2.04. The van der Waals surface area contributed by atoms with Crippen LogP contribution in [0.2, 0.25) is 0 Å². The van der Waals surface area contributed by atoms with Crippen molar-refractivity contribution in [2.75, 3.05) is 0 Å². The van der Waals surface area contributed by atoms with Crippen LogP contribution in [-0.4, -0.2) is 16.7 Å². The first-order valence-electron chi connectivity index (χ1n) is 6.68. The Morgan fingerprint density at radius 3 is 2.62 bits per heavy atom. The van der Waals surface area contributed by atoms with Crippen LogP contribution in [0.3, 0.4) is 0 Å². The summed E-state index contributed by atoms with van der Waals surface area (Å²) in [6.45, 7) is 0. The van der Waals surface area contributed by atoms with E-state index in [1.165, 1.54) is 0 Å². The zero-order chi connectivity index (χ0) is 14.7. The van der Waals surface area contributed by atoms with Gasteiger partial charge >= 0.3 is 0 Å². The number of hydrazone groups is 1. The van der Waals surface area contributed by atoms with Crippen LogP contribution in [0, 0.1) is 0 Å². The standard InChI is InChI=1S/C17H15N3O/c1-20-12-14(15-9-5-6-10-16(15)20)11-18-19-17(21)13-7-3-2-4-8-13/h2-12H,1H3,(H,19,21). The van der Waals surface area contributed by atoms with Crippen molar-refractivity contribution in [1.82, 2.24) is 9.99 Å². The first-order valence-corrected chi connectivity index (χ1v) is 6.68. The molecule has 0 spiro atoms. The number of aromatic nitrogens is 1. The van der Waals surface area contributed by atoms with Gasteiger partial charge in [-0.3, -0.25) is 4.79 Å². The van der Waals surface area contributed by atoms with E-state index in [9.17, 15) is 4.79 Å². The van der Waals surface area contributed by atoms with Crippen LogP contribution in [-0.2, 0) is 7.05 Å². The molecular weight excluding hydrogens is 262 g/mol. The Bertz CT molecular complexity index is 803. The molecule has 0 fully saturated rings.